The topological polar surface area (TPSA) is 0 Å². The molecule has 0 fully saturated rings. The molecule has 0 aliphatic carbocycles. The molecule has 0 saturated carbocycles. The first-order chi connectivity index (χ1) is 9.50. The Morgan fingerprint density at radius 2 is 0.609 bits per heavy atom. The fourth-order valence-electron chi connectivity index (χ4n) is 0.813. The van der Waals surface area contributed by atoms with Crippen molar-refractivity contribution in [3.8, 4) is 0 Å². The molecule has 23 heavy (non-hydrogen) atoms. The van der Waals surface area contributed by atoms with Crippen molar-refractivity contribution < 1.29 is 61.5 Å². The summed E-state index contributed by atoms with van der Waals surface area (Å²) in [6, 6.07) is 0. The van der Waals surface area contributed by atoms with Gasteiger partial charge in [-0.1, -0.05) is 0 Å². The summed E-state index contributed by atoms with van der Waals surface area (Å²) in [7, 11) is 0. The zero-order valence-corrected chi connectivity index (χ0v) is 15.0. The molecular formula is C6Br2F14Te. The van der Waals surface area contributed by atoms with E-state index in [-0.39, 0.29) is 0 Å². The second kappa shape index (κ2) is 5.90. The summed E-state index contributed by atoms with van der Waals surface area (Å²) >= 11 is -6.44. The average molecular weight is 625 g/mol. The Bertz CT molecular complexity index is 407. The van der Waals surface area contributed by atoms with E-state index < -0.39 is 45.9 Å². The van der Waals surface area contributed by atoms with Crippen LogP contribution in [0.2, 0.25) is 0 Å². The number of hydrogen-bond acceptors (Lipinski definition) is 0. The number of halogens is 16. The van der Waals surface area contributed by atoms with E-state index in [1.807, 2.05) is 0 Å². The van der Waals surface area contributed by atoms with Gasteiger partial charge in [0.05, 0.1) is 0 Å². The average Bonchev–Trinajstić information content (AvgIpc) is 2.24. The van der Waals surface area contributed by atoms with Gasteiger partial charge in [0.15, 0.2) is 0 Å². The molecule has 0 bridgehead atoms. The molecule has 0 atom stereocenters. The summed E-state index contributed by atoms with van der Waals surface area (Å²) < 4.78 is 161. The van der Waals surface area contributed by atoms with Gasteiger partial charge in [-0.25, -0.2) is 0 Å². The fraction of sp³-hybridized carbons (Fsp3) is 1.00. The van der Waals surface area contributed by atoms with Gasteiger partial charge in [0.2, 0.25) is 0 Å². The van der Waals surface area contributed by atoms with E-state index in [9.17, 15) is 61.5 Å². The van der Waals surface area contributed by atoms with Crippen LogP contribution in [0.4, 0.5) is 61.5 Å². The molecule has 142 valence electrons. The van der Waals surface area contributed by atoms with E-state index in [2.05, 4.69) is 0 Å². The number of alkyl halides is 14. The Hall–Kier alpha value is 0.770. The van der Waals surface area contributed by atoms with Gasteiger partial charge < -0.3 is 0 Å². The molecule has 0 amide bonds. The summed E-state index contributed by atoms with van der Waals surface area (Å²) in [6.45, 7) is 0. The quantitative estimate of drug-likeness (QED) is 0.267. The zero-order chi connectivity index (χ0) is 19.5. The van der Waals surface area contributed by atoms with Crippen LogP contribution in [-0.2, 0) is 0 Å². The van der Waals surface area contributed by atoms with E-state index in [1.54, 1.807) is 0 Å². The number of rotatable bonds is 4. The summed E-state index contributed by atoms with van der Waals surface area (Å²) in [4.78, 5) is 0. The van der Waals surface area contributed by atoms with Gasteiger partial charge in [-0.05, 0) is 0 Å². The van der Waals surface area contributed by atoms with Gasteiger partial charge in [0.25, 0.3) is 0 Å². The fourth-order valence-corrected chi connectivity index (χ4v) is 9.69. The van der Waals surface area contributed by atoms with Gasteiger partial charge in [-0.15, -0.1) is 0 Å². The maximum absolute atomic E-state index is 13.2. The molecule has 0 nitrogen and oxygen atoms in total. The Labute approximate surface area is 132 Å². The van der Waals surface area contributed by atoms with Crippen LogP contribution in [-0.4, -0.2) is 45.9 Å². The standard InChI is InChI=1S/C6Br2F14Te/c7-23(8,5(19,20)1(9,10)3(13,14)15)6(21,22)2(11,12)4(16,17)18. The summed E-state index contributed by atoms with van der Waals surface area (Å²) in [5.74, 6) is -14.6. The Balaban J connectivity index is 6.37. The van der Waals surface area contributed by atoms with Crippen molar-refractivity contribution in [1.29, 1.82) is 0 Å². The van der Waals surface area contributed by atoms with E-state index in [4.69, 9.17) is 0 Å². The van der Waals surface area contributed by atoms with Crippen molar-refractivity contribution in [2.24, 2.45) is 0 Å². The van der Waals surface area contributed by atoms with Crippen molar-refractivity contribution >= 4 is 39.3 Å². The van der Waals surface area contributed by atoms with Crippen LogP contribution in [0.1, 0.15) is 0 Å². The van der Waals surface area contributed by atoms with E-state index in [0.29, 0.717) is 0 Å². The van der Waals surface area contributed by atoms with Gasteiger partial charge in [0.1, 0.15) is 0 Å². The predicted molar refractivity (Wildman–Crippen MR) is 55.5 cm³/mol. The van der Waals surface area contributed by atoms with E-state index in [0.717, 1.165) is 25.5 Å². The Kier molecular flexibility index (Phi) is 6.10. The van der Waals surface area contributed by atoms with Crippen LogP contribution in [0.25, 0.3) is 0 Å². The molecule has 0 aromatic heterocycles. The normalized spacial score (nSPS) is 17.4. The van der Waals surface area contributed by atoms with Crippen molar-refractivity contribution in [1.82, 2.24) is 0 Å². The van der Waals surface area contributed by atoms with Crippen LogP contribution < -0.4 is 0 Å². The molecule has 0 spiro atoms. The van der Waals surface area contributed by atoms with Crippen LogP contribution >= 0.6 is 25.5 Å². The first-order valence-electron chi connectivity index (χ1n) is 4.36. The third-order valence-electron chi connectivity index (χ3n) is 2.09. The summed E-state index contributed by atoms with van der Waals surface area (Å²) in [5, 5.41) is 0. The summed E-state index contributed by atoms with van der Waals surface area (Å²) in [6.07, 6.45) is -14.4. The van der Waals surface area contributed by atoms with Crippen LogP contribution in [0.15, 0.2) is 0 Å². The van der Waals surface area contributed by atoms with Crippen molar-refractivity contribution in [2.75, 3.05) is 0 Å². The second-order valence-electron chi connectivity index (χ2n) is 3.65. The van der Waals surface area contributed by atoms with Gasteiger partial charge in [0, 0.05) is 0 Å². The minimum absolute atomic E-state index is 0.928. The Morgan fingerprint density at radius 3 is 0.739 bits per heavy atom. The minimum atomic E-state index is -8.30. The van der Waals surface area contributed by atoms with Gasteiger partial charge >= 0.3 is 133 Å². The van der Waals surface area contributed by atoms with Gasteiger partial charge in [-0.3, -0.25) is 0 Å². The number of hydrogen-bond donors (Lipinski definition) is 0. The summed E-state index contributed by atoms with van der Waals surface area (Å²) in [5.41, 5.74) is 0. The van der Waals surface area contributed by atoms with E-state index in [1.165, 1.54) is 0 Å². The molecule has 0 N–H and O–H groups in total. The first kappa shape index (κ1) is 23.8. The molecule has 0 saturated heterocycles. The maximum atomic E-state index is 13.2. The van der Waals surface area contributed by atoms with Crippen LogP contribution in [0.3, 0.4) is 0 Å². The molecule has 0 aromatic rings. The van der Waals surface area contributed by atoms with E-state index >= 15 is 0 Å². The van der Waals surface area contributed by atoms with Crippen LogP contribution in [0.5, 0.6) is 0 Å². The molecule has 0 unspecified atom stereocenters. The Morgan fingerprint density at radius 1 is 0.435 bits per heavy atom. The van der Waals surface area contributed by atoms with Crippen molar-refractivity contribution in [2.45, 2.75) is 32.1 Å². The molecular weight excluding hydrogens is 625 g/mol. The van der Waals surface area contributed by atoms with Crippen molar-refractivity contribution in [3.05, 3.63) is 0 Å². The molecule has 0 aromatic carbocycles. The second-order valence-corrected chi connectivity index (χ2v) is 28.1. The zero-order valence-electron chi connectivity index (χ0n) is 9.46. The van der Waals surface area contributed by atoms with Gasteiger partial charge in [-0.2, -0.15) is 0 Å². The third-order valence-corrected chi connectivity index (χ3v) is 18.1. The molecule has 0 aliphatic rings. The molecule has 0 rings (SSSR count). The predicted octanol–water partition coefficient (Wildman–Crippen LogP) is 5.96. The molecule has 0 aliphatic heterocycles. The monoisotopic (exact) mass is 626 g/mol. The molecule has 0 radical (unpaired) electrons. The van der Waals surface area contributed by atoms with Crippen LogP contribution in [0, 0.1) is 0 Å². The molecule has 17 heteroatoms. The molecule has 0 heterocycles. The first-order valence-corrected chi connectivity index (χ1v) is 17.1. The van der Waals surface area contributed by atoms with Crippen molar-refractivity contribution in [3.63, 3.8) is 0 Å². The SMILES string of the molecule is FC(F)(F)C(F)(F)C(F)(F)[Te](Br)(Br)C(F)(F)C(F)(F)C(F)(F)F. The third kappa shape index (κ3) is 3.27.